The van der Waals surface area contributed by atoms with Crippen LogP contribution in [0.25, 0.3) is 11.1 Å². The summed E-state index contributed by atoms with van der Waals surface area (Å²) in [5, 5.41) is 12.6. The zero-order valence-corrected chi connectivity index (χ0v) is 25.3. The van der Waals surface area contributed by atoms with Gasteiger partial charge in [-0.3, -0.25) is 9.78 Å². The summed E-state index contributed by atoms with van der Waals surface area (Å²) < 4.78 is 13.4. The van der Waals surface area contributed by atoms with Crippen molar-refractivity contribution in [2.45, 2.75) is 57.8 Å². The molecule has 2 aliphatic rings. The van der Waals surface area contributed by atoms with Crippen LogP contribution in [0.5, 0.6) is 0 Å². The number of aliphatic hydroxyl groups is 1. The molecule has 0 spiro atoms. The van der Waals surface area contributed by atoms with E-state index in [2.05, 4.69) is 64.6 Å². The number of carbonyl (C=O) groups excluding carboxylic acids is 1. The monoisotopic (exact) mass is 591 g/mol. The Labute approximate surface area is 259 Å². The molecule has 2 N–H and O–H groups in total. The number of nitrogens with zero attached hydrogens (tertiary/aromatic N) is 2. The minimum Gasteiger partial charge on any atom is -0.392 e. The lowest BCUT2D eigenvalue weighted by atomic mass is 9.89. The fourth-order valence-electron chi connectivity index (χ4n) is 6.28. The molecular formula is C37H41N3O4. The normalized spacial score (nSPS) is 22.4. The van der Waals surface area contributed by atoms with E-state index in [0.29, 0.717) is 12.1 Å². The summed E-state index contributed by atoms with van der Waals surface area (Å²) in [7, 11) is 0. The number of carbonyl (C=O) groups is 1. The summed E-state index contributed by atoms with van der Waals surface area (Å²) >= 11 is 0. The predicted molar refractivity (Wildman–Crippen MR) is 171 cm³/mol. The molecule has 7 nitrogen and oxygen atoms in total. The number of piperidine rings is 1. The highest BCUT2D eigenvalue weighted by molar-refractivity contribution is 5.93. The fourth-order valence-corrected chi connectivity index (χ4v) is 6.28. The average Bonchev–Trinajstić information content (AvgIpc) is 3.09. The third-order valence-corrected chi connectivity index (χ3v) is 8.88. The molecule has 2 aliphatic heterocycles. The predicted octanol–water partition coefficient (Wildman–Crippen LogP) is 6.45. The summed E-state index contributed by atoms with van der Waals surface area (Å²) in [6, 6.07) is 28.1. The maximum absolute atomic E-state index is 12.6. The van der Waals surface area contributed by atoms with Crippen molar-refractivity contribution in [3.8, 4) is 11.1 Å². The number of aromatic nitrogens is 1. The summed E-state index contributed by atoms with van der Waals surface area (Å²) in [5.74, 6) is 0.0184. The first-order valence-electron chi connectivity index (χ1n) is 15.7. The molecule has 44 heavy (non-hydrogen) atoms. The Bertz CT molecular complexity index is 1500. The number of pyridine rings is 1. The first kappa shape index (κ1) is 30.2. The highest BCUT2D eigenvalue weighted by atomic mass is 16.7. The zero-order valence-electron chi connectivity index (χ0n) is 25.3. The van der Waals surface area contributed by atoms with Crippen molar-refractivity contribution in [1.82, 2.24) is 15.2 Å². The van der Waals surface area contributed by atoms with Crippen LogP contribution in [0.1, 0.15) is 71.2 Å². The van der Waals surface area contributed by atoms with E-state index >= 15 is 0 Å². The topological polar surface area (TPSA) is 83.9 Å². The van der Waals surface area contributed by atoms with E-state index in [1.165, 1.54) is 19.3 Å². The second-order valence-electron chi connectivity index (χ2n) is 11.9. The highest BCUT2D eigenvalue weighted by Gasteiger charge is 2.39. The van der Waals surface area contributed by atoms with Crippen molar-refractivity contribution in [2.24, 2.45) is 5.92 Å². The Morgan fingerprint density at radius 1 is 0.909 bits per heavy atom. The lowest BCUT2D eigenvalue weighted by Gasteiger charge is -2.43. The molecule has 4 atom stereocenters. The molecule has 4 unspecified atom stereocenters. The van der Waals surface area contributed by atoms with Gasteiger partial charge in [0.1, 0.15) is 0 Å². The van der Waals surface area contributed by atoms with Crippen molar-refractivity contribution in [3.05, 3.63) is 125 Å². The van der Waals surface area contributed by atoms with Gasteiger partial charge in [-0.05, 0) is 65.9 Å². The highest BCUT2D eigenvalue weighted by Crippen LogP contribution is 2.42. The van der Waals surface area contributed by atoms with Crippen molar-refractivity contribution in [2.75, 3.05) is 19.6 Å². The number of likely N-dealkylation sites (tertiary alicyclic amines) is 1. The molecule has 6 rings (SSSR count). The molecule has 7 heteroatoms. The zero-order chi connectivity index (χ0) is 30.3. The van der Waals surface area contributed by atoms with Crippen LogP contribution in [-0.4, -0.2) is 46.6 Å². The van der Waals surface area contributed by atoms with Crippen molar-refractivity contribution in [1.29, 1.82) is 0 Å². The molecule has 3 heterocycles. The summed E-state index contributed by atoms with van der Waals surface area (Å²) in [5.41, 5.74) is 6.66. The minimum absolute atomic E-state index is 0.0248. The van der Waals surface area contributed by atoms with E-state index in [-0.39, 0.29) is 30.6 Å². The lowest BCUT2D eigenvalue weighted by Crippen LogP contribution is -2.45. The van der Waals surface area contributed by atoms with Gasteiger partial charge in [-0.25, -0.2) is 0 Å². The smallest absolute Gasteiger partial charge is 0.253 e. The van der Waals surface area contributed by atoms with E-state index in [1.807, 2.05) is 30.3 Å². The van der Waals surface area contributed by atoms with Crippen LogP contribution >= 0.6 is 0 Å². The number of rotatable bonds is 9. The number of ether oxygens (including phenoxy) is 2. The molecule has 0 bridgehead atoms. The molecule has 2 saturated heterocycles. The molecule has 2 fully saturated rings. The fraction of sp³-hybridized carbons (Fsp3) is 0.351. The van der Waals surface area contributed by atoms with Gasteiger partial charge in [0.2, 0.25) is 0 Å². The van der Waals surface area contributed by atoms with Crippen molar-refractivity contribution in [3.63, 3.8) is 0 Å². The Balaban J connectivity index is 1.21. The van der Waals surface area contributed by atoms with Gasteiger partial charge in [0, 0.05) is 37.0 Å². The number of aliphatic hydroxyl groups excluding tert-OH is 1. The van der Waals surface area contributed by atoms with Crippen LogP contribution < -0.4 is 5.32 Å². The van der Waals surface area contributed by atoms with Gasteiger partial charge in [0.25, 0.3) is 5.91 Å². The molecule has 0 saturated carbocycles. The van der Waals surface area contributed by atoms with E-state index in [0.717, 1.165) is 53.0 Å². The maximum atomic E-state index is 12.6. The Kier molecular flexibility index (Phi) is 9.78. The van der Waals surface area contributed by atoms with Gasteiger partial charge >= 0.3 is 0 Å². The molecular weight excluding hydrogens is 550 g/mol. The van der Waals surface area contributed by atoms with Gasteiger partial charge in [0.15, 0.2) is 6.29 Å². The number of hydrogen-bond acceptors (Lipinski definition) is 6. The first-order valence-corrected chi connectivity index (χ1v) is 15.7. The average molecular weight is 592 g/mol. The Hall–Kier alpha value is -3.88. The maximum Gasteiger partial charge on any atom is 0.253 e. The molecule has 4 aromatic rings. The van der Waals surface area contributed by atoms with E-state index in [9.17, 15) is 9.90 Å². The molecule has 1 aromatic heterocycles. The van der Waals surface area contributed by atoms with Crippen LogP contribution in [0.2, 0.25) is 0 Å². The summed E-state index contributed by atoms with van der Waals surface area (Å²) in [4.78, 5) is 19.2. The quantitative estimate of drug-likeness (QED) is 0.233. The van der Waals surface area contributed by atoms with Gasteiger partial charge in [0.05, 0.1) is 24.4 Å². The van der Waals surface area contributed by atoms with Gasteiger partial charge in [-0.15, -0.1) is 0 Å². The van der Waals surface area contributed by atoms with Crippen molar-refractivity contribution < 1.29 is 19.4 Å². The number of hydrogen-bond donors (Lipinski definition) is 2. The van der Waals surface area contributed by atoms with E-state index < -0.39 is 6.29 Å². The molecule has 228 valence electrons. The summed E-state index contributed by atoms with van der Waals surface area (Å²) in [6.07, 6.45) is 6.42. The van der Waals surface area contributed by atoms with Crippen molar-refractivity contribution >= 4 is 5.91 Å². The molecule has 0 aliphatic carbocycles. The van der Waals surface area contributed by atoms with E-state index in [1.54, 1.807) is 24.5 Å². The summed E-state index contributed by atoms with van der Waals surface area (Å²) in [6.45, 7) is 5.78. The van der Waals surface area contributed by atoms with Gasteiger partial charge in [-0.1, -0.05) is 86.1 Å². The SMILES string of the molecule is CC1C(CN2CCCCC2)OC(c2ccc(-c3ccccc3CNC(=O)c3cccnc3)cc2)OC1c1ccc(CO)cc1. The Morgan fingerprint density at radius 3 is 2.39 bits per heavy atom. The Morgan fingerprint density at radius 2 is 1.66 bits per heavy atom. The third-order valence-electron chi connectivity index (χ3n) is 8.88. The van der Waals surface area contributed by atoms with Gasteiger partial charge < -0.3 is 24.8 Å². The lowest BCUT2D eigenvalue weighted by molar-refractivity contribution is -0.276. The number of benzene rings is 3. The molecule has 3 aromatic carbocycles. The third kappa shape index (κ3) is 7.08. The van der Waals surface area contributed by atoms with Crippen LogP contribution in [0.15, 0.2) is 97.3 Å². The standard InChI is InChI=1S/C37H41N3O4/c1-26-34(24-40-20-5-2-6-21-40)43-37(44-35(26)29-13-11-27(25-41)12-14-29)30-17-15-28(16-18-30)33-10-4-3-8-31(33)23-39-36(42)32-9-7-19-38-22-32/h3-4,7-19,22,26,34-35,37,41H,2,5-6,20-21,23-25H2,1H3,(H,39,42). The minimum atomic E-state index is -0.494. The largest absolute Gasteiger partial charge is 0.392 e. The second-order valence-corrected chi connectivity index (χ2v) is 11.9. The second kappa shape index (κ2) is 14.3. The van der Waals surface area contributed by atoms with Crippen LogP contribution in [0.3, 0.4) is 0 Å². The molecule has 1 amide bonds. The number of amides is 1. The van der Waals surface area contributed by atoms with E-state index in [4.69, 9.17) is 9.47 Å². The van der Waals surface area contributed by atoms with Crippen LogP contribution in [0, 0.1) is 5.92 Å². The van der Waals surface area contributed by atoms with Crippen LogP contribution in [0.4, 0.5) is 0 Å². The van der Waals surface area contributed by atoms with Gasteiger partial charge in [-0.2, -0.15) is 0 Å². The number of nitrogens with one attached hydrogen (secondary N) is 1. The molecule has 0 radical (unpaired) electrons. The van der Waals surface area contributed by atoms with Crippen LogP contribution in [-0.2, 0) is 22.6 Å². The first-order chi connectivity index (χ1) is 21.6.